The number of carbonyl (C=O) groups is 1. The molecule has 0 saturated carbocycles. The number of nitrogens with one attached hydrogen (secondary N) is 1. The lowest BCUT2D eigenvalue weighted by atomic mass is 10.2. The molecule has 0 aliphatic rings. The Morgan fingerprint density at radius 2 is 2.07 bits per heavy atom. The molecule has 0 aliphatic carbocycles. The molecule has 1 unspecified atom stereocenters. The van der Waals surface area contributed by atoms with Gasteiger partial charge in [-0.1, -0.05) is 19.6 Å². The number of anilines is 1. The number of rotatable bonds is 7. The fourth-order valence-electron chi connectivity index (χ4n) is 2.39. The number of nitrogens with two attached hydrogens (primary N) is 1. The number of carbonyl (C=O) groups excluding carboxylic acids is 1. The molecule has 2 rings (SSSR count). The highest BCUT2D eigenvalue weighted by Gasteiger charge is 2.22. The number of ether oxygens (including phenoxy) is 2. The molecule has 0 bridgehead atoms. The third kappa shape index (κ3) is 6.90. The highest BCUT2D eigenvalue weighted by Crippen LogP contribution is 2.23. The zero-order chi connectivity index (χ0) is 21.8. The number of imidazole rings is 1. The average Bonchev–Trinajstić information content (AvgIpc) is 2.94. The van der Waals surface area contributed by atoms with Crippen LogP contribution in [-0.4, -0.2) is 51.9 Å². The molecule has 1 amide bonds. The highest BCUT2D eigenvalue weighted by atomic mass is 28.3. The molecular weight excluding hydrogens is 390 g/mol. The Balaban J connectivity index is 2.17. The van der Waals surface area contributed by atoms with Crippen molar-refractivity contribution in [3.8, 4) is 11.9 Å². The van der Waals surface area contributed by atoms with Crippen LogP contribution in [0.25, 0.3) is 11.2 Å². The lowest BCUT2D eigenvalue weighted by molar-refractivity contribution is 0.0512. The van der Waals surface area contributed by atoms with Crippen LogP contribution in [0.15, 0.2) is 6.33 Å². The van der Waals surface area contributed by atoms with E-state index in [1.54, 1.807) is 25.3 Å². The summed E-state index contributed by atoms with van der Waals surface area (Å²) in [6.45, 7) is 12.7. The van der Waals surface area contributed by atoms with Crippen molar-refractivity contribution >= 4 is 31.3 Å². The molecule has 0 fully saturated rings. The molecule has 10 nitrogen and oxygen atoms in total. The number of alkyl carbamates (subject to hydrolysis) is 1. The number of nitriles is 1. The van der Waals surface area contributed by atoms with Gasteiger partial charge >= 0.3 is 6.09 Å². The second kappa shape index (κ2) is 8.65. The zero-order valence-electron chi connectivity index (χ0n) is 17.8. The molecule has 0 aromatic carbocycles. The van der Waals surface area contributed by atoms with Gasteiger partial charge in [0.25, 0.3) is 0 Å². The van der Waals surface area contributed by atoms with E-state index in [1.165, 1.54) is 6.33 Å². The number of hydrogen-bond acceptors (Lipinski definition) is 8. The van der Waals surface area contributed by atoms with Gasteiger partial charge in [0.2, 0.25) is 11.8 Å². The van der Waals surface area contributed by atoms with Crippen LogP contribution in [0.3, 0.4) is 0 Å². The van der Waals surface area contributed by atoms with Crippen molar-refractivity contribution in [2.24, 2.45) is 0 Å². The van der Waals surface area contributed by atoms with Crippen molar-refractivity contribution in [1.29, 1.82) is 5.26 Å². The number of amides is 1. The van der Waals surface area contributed by atoms with E-state index >= 15 is 0 Å². The third-order valence-corrected chi connectivity index (χ3v) is 5.47. The highest BCUT2D eigenvalue weighted by molar-refractivity contribution is 6.76. The van der Waals surface area contributed by atoms with Gasteiger partial charge in [-0.05, 0) is 26.8 Å². The second-order valence-electron chi connectivity index (χ2n) is 8.94. The monoisotopic (exact) mass is 419 g/mol. The van der Waals surface area contributed by atoms with Crippen molar-refractivity contribution in [3.63, 3.8) is 0 Å². The molecule has 11 heteroatoms. The molecule has 1 atom stereocenters. The molecule has 29 heavy (non-hydrogen) atoms. The summed E-state index contributed by atoms with van der Waals surface area (Å²) in [5.41, 5.74) is 6.08. The summed E-state index contributed by atoms with van der Waals surface area (Å²) in [5, 5.41) is 11.9. The number of hydrogen-bond donors (Lipinski definition) is 2. The molecule has 0 radical (unpaired) electrons. The SMILES string of the molecule is CC(C)(C)OC(=O)NC(C#N)Cn1cnc2c(OCC[Si](C)(C)C)nc(N)nc21. The van der Waals surface area contributed by atoms with Gasteiger partial charge in [-0.3, -0.25) is 0 Å². The molecule has 0 aliphatic heterocycles. The molecule has 0 saturated heterocycles. The fourth-order valence-corrected chi connectivity index (χ4v) is 3.10. The Labute approximate surface area is 171 Å². The number of fused-ring (bicyclic) bond motifs is 1. The van der Waals surface area contributed by atoms with E-state index < -0.39 is 25.8 Å². The lowest BCUT2D eigenvalue weighted by Gasteiger charge is -2.21. The average molecular weight is 420 g/mol. The van der Waals surface area contributed by atoms with Crippen molar-refractivity contribution in [1.82, 2.24) is 24.8 Å². The maximum absolute atomic E-state index is 12.0. The van der Waals surface area contributed by atoms with E-state index in [0.29, 0.717) is 23.7 Å². The topological polar surface area (TPSA) is 141 Å². The third-order valence-electron chi connectivity index (χ3n) is 3.77. The van der Waals surface area contributed by atoms with Crippen LogP contribution in [0.1, 0.15) is 20.8 Å². The molecule has 3 N–H and O–H groups in total. The summed E-state index contributed by atoms with van der Waals surface area (Å²) in [6, 6.07) is 2.17. The predicted octanol–water partition coefficient (Wildman–Crippen LogP) is 2.54. The quantitative estimate of drug-likeness (QED) is 0.652. The minimum absolute atomic E-state index is 0.0517. The molecule has 2 heterocycles. The summed E-state index contributed by atoms with van der Waals surface area (Å²) in [7, 11) is -1.26. The van der Waals surface area contributed by atoms with Crippen LogP contribution in [0.4, 0.5) is 10.7 Å². The van der Waals surface area contributed by atoms with Crippen LogP contribution in [0.2, 0.25) is 25.7 Å². The second-order valence-corrected chi connectivity index (χ2v) is 14.6. The Hall–Kier alpha value is -2.87. The van der Waals surface area contributed by atoms with Crippen LogP contribution in [-0.2, 0) is 11.3 Å². The van der Waals surface area contributed by atoms with E-state index in [9.17, 15) is 10.1 Å². The first-order valence-electron chi connectivity index (χ1n) is 9.38. The predicted molar refractivity (Wildman–Crippen MR) is 112 cm³/mol. The van der Waals surface area contributed by atoms with Gasteiger partial charge in [-0.25, -0.2) is 9.78 Å². The first kappa shape index (κ1) is 22.4. The standard InChI is InChI=1S/C18H29N7O3Si/c1-18(2,3)28-17(26)22-12(9-19)10-25-11-21-13-14(25)23-16(20)24-15(13)27-7-8-29(4,5)6/h11-12H,7-8,10H2,1-6H3,(H,22,26)(H2,20,23,24). The van der Waals surface area contributed by atoms with E-state index in [1.807, 2.05) is 6.07 Å². The Kier molecular flexibility index (Phi) is 6.68. The molecule has 0 spiro atoms. The Morgan fingerprint density at radius 1 is 1.38 bits per heavy atom. The first-order valence-corrected chi connectivity index (χ1v) is 13.1. The number of nitrogen functional groups attached to an aromatic ring is 1. The van der Waals surface area contributed by atoms with Gasteiger partial charge in [0.05, 0.1) is 25.5 Å². The maximum atomic E-state index is 12.0. The summed E-state index contributed by atoms with van der Waals surface area (Å²) < 4.78 is 12.6. The van der Waals surface area contributed by atoms with Crippen LogP contribution in [0.5, 0.6) is 5.88 Å². The maximum Gasteiger partial charge on any atom is 0.408 e. The Morgan fingerprint density at radius 3 is 2.66 bits per heavy atom. The minimum Gasteiger partial charge on any atom is -0.476 e. The fraction of sp³-hybridized carbons (Fsp3) is 0.611. The van der Waals surface area contributed by atoms with Gasteiger partial charge in [-0.2, -0.15) is 15.2 Å². The van der Waals surface area contributed by atoms with Gasteiger partial charge in [0, 0.05) is 8.07 Å². The van der Waals surface area contributed by atoms with Crippen molar-refractivity contribution in [3.05, 3.63) is 6.33 Å². The summed E-state index contributed by atoms with van der Waals surface area (Å²) >= 11 is 0. The largest absolute Gasteiger partial charge is 0.476 e. The van der Waals surface area contributed by atoms with Crippen molar-refractivity contribution < 1.29 is 14.3 Å². The van der Waals surface area contributed by atoms with Crippen molar-refractivity contribution in [2.75, 3.05) is 12.3 Å². The number of nitrogens with zero attached hydrogens (tertiary/aromatic N) is 5. The molecular formula is C18H29N7O3Si. The minimum atomic E-state index is -1.26. The summed E-state index contributed by atoms with van der Waals surface area (Å²) in [4.78, 5) is 24.6. The molecule has 2 aromatic heterocycles. The van der Waals surface area contributed by atoms with Gasteiger partial charge in [-0.15, -0.1) is 0 Å². The van der Waals surface area contributed by atoms with E-state index in [0.717, 1.165) is 6.04 Å². The summed E-state index contributed by atoms with van der Waals surface area (Å²) in [6.07, 6.45) is 0.851. The summed E-state index contributed by atoms with van der Waals surface area (Å²) in [5.74, 6) is 0.369. The van der Waals surface area contributed by atoms with Gasteiger partial charge in [0.1, 0.15) is 11.6 Å². The molecule has 2 aromatic rings. The van der Waals surface area contributed by atoms with Crippen LogP contribution in [0, 0.1) is 11.3 Å². The van der Waals surface area contributed by atoms with E-state index in [2.05, 4.69) is 39.9 Å². The van der Waals surface area contributed by atoms with Gasteiger partial charge in [0.15, 0.2) is 11.2 Å². The Bertz CT molecular complexity index is 909. The van der Waals surface area contributed by atoms with Crippen molar-refractivity contribution in [2.45, 2.75) is 64.6 Å². The van der Waals surface area contributed by atoms with Crippen LogP contribution >= 0.6 is 0 Å². The molecule has 158 valence electrons. The number of aromatic nitrogens is 4. The first-order chi connectivity index (χ1) is 13.4. The van der Waals surface area contributed by atoms with Gasteiger partial charge < -0.3 is 25.1 Å². The van der Waals surface area contributed by atoms with Crippen LogP contribution < -0.4 is 15.8 Å². The van der Waals surface area contributed by atoms with E-state index in [4.69, 9.17) is 15.2 Å². The lowest BCUT2D eigenvalue weighted by Crippen LogP contribution is -2.40. The smallest absolute Gasteiger partial charge is 0.408 e. The zero-order valence-corrected chi connectivity index (χ0v) is 18.8. The van der Waals surface area contributed by atoms with E-state index in [-0.39, 0.29) is 12.5 Å². The normalized spacial score (nSPS) is 13.0.